The second kappa shape index (κ2) is 24.9. The molecule has 0 fully saturated rings. The van der Waals surface area contributed by atoms with Gasteiger partial charge < -0.3 is 41.6 Å². The Labute approximate surface area is 146 Å². The fraction of sp³-hybridized carbons (Fsp3) is 0. The van der Waals surface area contributed by atoms with Crippen molar-refractivity contribution in [3.63, 3.8) is 0 Å². The zero-order valence-electron chi connectivity index (χ0n) is 8.22. The number of rotatable bonds is 0. The fourth-order valence-electron chi connectivity index (χ4n) is 0. The van der Waals surface area contributed by atoms with Crippen LogP contribution in [0.25, 0.3) is 0 Å². The molecule has 0 aliphatic rings. The molecule has 0 heterocycles. The molecule has 0 atom stereocenters. The van der Waals surface area contributed by atoms with Gasteiger partial charge in [-0.1, -0.05) is 0 Å². The van der Waals surface area contributed by atoms with E-state index in [1.807, 2.05) is 0 Å². The number of hydrogen-bond donors (Lipinski definition) is 3. The summed E-state index contributed by atoms with van der Waals surface area (Å²) in [5, 5.41) is 31.1. The van der Waals surface area contributed by atoms with E-state index in [-0.39, 0.29) is 84.6 Å². The van der Waals surface area contributed by atoms with E-state index < -0.39 is 23.9 Å². The van der Waals surface area contributed by atoms with Gasteiger partial charge in [0.25, 0.3) is 0 Å². The van der Waals surface area contributed by atoms with Crippen LogP contribution in [0.5, 0.6) is 0 Å². The Morgan fingerprint density at radius 1 is 0.706 bits per heavy atom. The summed E-state index contributed by atoms with van der Waals surface area (Å²) in [4.78, 5) is 36.2. The maximum Gasteiger partial charge on any atom is 1.00 e. The first-order valence-electron chi connectivity index (χ1n) is 2.19. The Kier molecular flexibility index (Phi) is 63.9. The minimum absolute atomic E-state index is 0. The monoisotopic (exact) mass is 331 g/mol. The van der Waals surface area contributed by atoms with Crippen molar-refractivity contribution in [1.82, 2.24) is 0 Å². The van der Waals surface area contributed by atoms with Crippen molar-refractivity contribution in [2.45, 2.75) is 0 Å². The van der Waals surface area contributed by atoms with Gasteiger partial charge in [-0.15, -0.1) is 0 Å². The van der Waals surface area contributed by atoms with Crippen molar-refractivity contribution in [1.29, 1.82) is 0 Å². The van der Waals surface area contributed by atoms with Gasteiger partial charge in [0.05, 0.1) is 0 Å². The first-order chi connectivity index (χ1) is 5.29. The molecule has 101 valence electrons. The van der Waals surface area contributed by atoms with Crippen molar-refractivity contribution in [2.75, 3.05) is 0 Å². The Balaban J connectivity index is -0.0000000182. The summed E-state index contributed by atoms with van der Waals surface area (Å²) in [7, 11) is 0. The van der Waals surface area contributed by atoms with Crippen LogP contribution < -0.4 is 56.5 Å². The molecule has 0 aliphatic heterocycles. The number of aliphatic carboxylic acids is 4. The first-order valence-corrected chi connectivity index (χ1v) is 2.19. The Morgan fingerprint density at radius 3 is 0.824 bits per heavy atom. The summed E-state index contributed by atoms with van der Waals surface area (Å²) in [5.74, 6) is -7.66. The van der Waals surface area contributed by atoms with E-state index in [1.165, 1.54) is 0 Å². The van der Waals surface area contributed by atoms with Crippen LogP contribution in [0, 0.1) is 0 Å². The summed E-state index contributed by atoms with van der Waals surface area (Å²) in [6.45, 7) is 0. The van der Waals surface area contributed by atoms with Crippen LogP contribution in [0.3, 0.4) is 0 Å². The molecule has 0 aromatic carbocycles. The Hall–Kier alpha value is -0.0971. The molecule has 0 aromatic rings. The molecule has 0 bridgehead atoms. The van der Waals surface area contributed by atoms with Crippen LogP contribution in [0.15, 0.2) is 0 Å². The number of carboxylic acids is 4. The van der Waals surface area contributed by atoms with Gasteiger partial charge >= 0.3 is 69.3 Å². The average Bonchev–Trinajstić information content (AvgIpc) is 1.88. The molecular weight excluding hydrogens is 322 g/mol. The normalized spacial score (nSPS) is 5.18. The zero-order valence-corrected chi connectivity index (χ0v) is 12.4. The average molecular weight is 331 g/mol. The topological polar surface area (TPSA) is 247 Å². The van der Waals surface area contributed by atoms with Gasteiger partial charge in [-0.2, -0.15) is 0 Å². The molecule has 0 unspecified atom stereocenters. The molecule has 0 amide bonds. The van der Waals surface area contributed by atoms with E-state index >= 15 is 0 Å². The van der Waals surface area contributed by atoms with Crippen LogP contribution in [-0.2, 0) is 36.0 Å². The second-order valence-electron chi connectivity index (χ2n) is 1.20. The second-order valence-corrected chi connectivity index (χ2v) is 1.20. The van der Waals surface area contributed by atoms with Crippen LogP contribution >= 0.6 is 0 Å². The van der Waals surface area contributed by atoms with Crippen LogP contribution in [0.1, 0.15) is 0 Å². The zero-order chi connectivity index (χ0) is 10.3. The molecule has 0 aliphatic carbocycles. The summed E-state index contributed by atoms with van der Waals surface area (Å²) >= 11 is 0. The van der Waals surface area contributed by atoms with E-state index in [9.17, 15) is 0 Å². The minimum atomic E-state index is -2.07. The molecule has 9 N–H and O–H groups in total. The van der Waals surface area contributed by atoms with E-state index in [4.69, 9.17) is 39.6 Å². The predicted molar refractivity (Wildman–Crippen MR) is 38.8 cm³/mol. The molecule has 0 aromatic heterocycles. The van der Waals surface area contributed by atoms with E-state index in [2.05, 4.69) is 0 Å². The number of carboxylic acid groups (broad SMARTS) is 4. The van der Waals surface area contributed by atoms with Gasteiger partial charge in [0, 0.05) is 16.8 Å². The molecule has 0 spiro atoms. The molecular formula is C4H9CoKO11. The van der Waals surface area contributed by atoms with E-state index in [0.29, 0.717) is 0 Å². The van der Waals surface area contributed by atoms with Crippen molar-refractivity contribution in [3.05, 3.63) is 0 Å². The standard InChI is InChI=1S/2C2H2O4.Co.K.3H2O/c2*3-1(4)2(5)6;;;;;/h2*(H,3,4)(H,5,6);;;3*1H2/q;;;+1;;;/p-1. The van der Waals surface area contributed by atoms with E-state index in [0.717, 1.165) is 0 Å². The first kappa shape index (κ1) is 43.6. The van der Waals surface area contributed by atoms with Crippen molar-refractivity contribution in [3.8, 4) is 0 Å². The van der Waals surface area contributed by atoms with Gasteiger partial charge in [-0.25, -0.2) is 14.4 Å². The molecule has 13 heteroatoms. The summed E-state index contributed by atoms with van der Waals surface area (Å²) in [6.07, 6.45) is 0. The Bertz CT molecular complexity index is 180. The largest absolute Gasteiger partial charge is 1.00 e. The van der Waals surface area contributed by atoms with Crippen LogP contribution in [-0.4, -0.2) is 55.6 Å². The molecule has 11 nitrogen and oxygen atoms in total. The number of hydrogen-bond acceptors (Lipinski definition) is 5. The van der Waals surface area contributed by atoms with Gasteiger partial charge in [0.15, 0.2) is 5.97 Å². The number of carbonyl (C=O) groups is 4. The van der Waals surface area contributed by atoms with Crippen LogP contribution in [0.2, 0.25) is 0 Å². The third-order valence-corrected chi connectivity index (χ3v) is 0.358. The van der Waals surface area contributed by atoms with Gasteiger partial charge in [-0.05, 0) is 0 Å². The predicted octanol–water partition coefficient (Wildman–Crippen LogP) is -8.50. The fourth-order valence-corrected chi connectivity index (χ4v) is 0. The third kappa shape index (κ3) is 49.2. The minimum Gasteiger partial charge on any atom is -0.539 e. The molecule has 1 radical (unpaired) electrons. The smallest absolute Gasteiger partial charge is 0.539 e. The maximum absolute atomic E-state index is 9.10. The maximum atomic E-state index is 9.10. The summed E-state index contributed by atoms with van der Waals surface area (Å²) in [5.41, 5.74) is 0. The van der Waals surface area contributed by atoms with E-state index in [1.54, 1.807) is 0 Å². The van der Waals surface area contributed by atoms with Gasteiger partial charge in [0.1, 0.15) is 0 Å². The van der Waals surface area contributed by atoms with Crippen molar-refractivity contribution in [2.24, 2.45) is 0 Å². The summed E-state index contributed by atoms with van der Waals surface area (Å²) < 4.78 is 0. The number of carbonyl (C=O) groups excluding carboxylic acids is 1. The van der Waals surface area contributed by atoms with Gasteiger partial charge in [-0.3, -0.25) is 0 Å². The van der Waals surface area contributed by atoms with Crippen molar-refractivity contribution >= 4 is 23.9 Å². The third-order valence-electron chi connectivity index (χ3n) is 0.358. The van der Waals surface area contributed by atoms with Gasteiger partial charge in [0.2, 0.25) is 0 Å². The molecule has 17 heavy (non-hydrogen) atoms. The van der Waals surface area contributed by atoms with Crippen molar-refractivity contribution < 1.29 is 124 Å². The quantitative estimate of drug-likeness (QED) is 0.283. The molecule has 0 saturated heterocycles. The molecule has 0 rings (SSSR count). The van der Waals surface area contributed by atoms with Crippen LogP contribution in [0.4, 0.5) is 0 Å². The summed E-state index contributed by atoms with van der Waals surface area (Å²) in [6, 6.07) is 0. The SMILES string of the molecule is O.O.O.O=C(O)C(=O)O.O=C([O-])C(=O)O.[Co].[K+]. The Morgan fingerprint density at radius 2 is 0.824 bits per heavy atom. The molecule has 0 saturated carbocycles.